The fraction of sp³-hybridized carbons (Fsp3) is 0.632. The number of rotatable bonds is 4. The van der Waals surface area contributed by atoms with E-state index in [4.69, 9.17) is 0 Å². The van der Waals surface area contributed by atoms with E-state index in [9.17, 15) is 5.11 Å². The molecule has 1 aliphatic heterocycles. The van der Waals surface area contributed by atoms with Crippen molar-refractivity contribution in [2.24, 2.45) is 5.92 Å². The van der Waals surface area contributed by atoms with E-state index in [-0.39, 0.29) is 0 Å². The Bertz CT molecular complexity index is 699. The van der Waals surface area contributed by atoms with Crippen molar-refractivity contribution in [1.82, 2.24) is 25.1 Å². The highest BCUT2D eigenvalue weighted by Gasteiger charge is 2.43. The molecule has 2 heterocycles. The standard InChI is InChI=1S/C19H27N5O/c1-19(25)12-6-5-10-16(19)17-11-7-13-23(17)14-18-20-21-22-24(18)15-8-3-2-4-9-15/h2-4,8-9,16-17,25H,5-7,10-14H2,1H3/t16-,17+,19+/m1/s1. The number of benzene rings is 1. The van der Waals surface area contributed by atoms with Crippen LogP contribution in [0.4, 0.5) is 0 Å². The minimum absolute atomic E-state index is 0.352. The summed E-state index contributed by atoms with van der Waals surface area (Å²) in [6.45, 7) is 3.82. The van der Waals surface area contributed by atoms with Gasteiger partial charge >= 0.3 is 0 Å². The van der Waals surface area contributed by atoms with E-state index in [0.717, 1.165) is 50.3 Å². The van der Waals surface area contributed by atoms with Gasteiger partial charge in [-0.25, -0.2) is 0 Å². The first-order valence-corrected chi connectivity index (χ1v) is 9.44. The molecule has 3 atom stereocenters. The van der Waals surface area contributed by atoms with Crippen molar-refractivity contribution >= 4 is 0 Å². The topological polar surface area (TPSA) is 67.1 Å². The molecule has 0 unspecified atom stereocenters. The van der Waals surface area contributed by atoms with Crippen LogP contribution in [-0.2, 0) is 6.54 Å². The number of nitrogens with zero attached hydrogens (tertiary/aromatic N) is 5. The van der Waals surface area contributed by atoms with Gasteiger partial charge in [0.15, 0.2) is 5.82 Å². The molecule has 2 aromatic rings. The third-order valence-electron chi connectivity index (χ3n) is 6.00. The lowest BCUT2D eigenvalue weighted by atomic mass is 9.72. The molecule has 0 spiro atoms. The van der Waals surface area contributed by atoms with Crippen molar-refractivity contribution in [3.63, 3.8) is 0 Å². The Morgan fingerprint density at radius 1 is 1.16 bits per heavy atom. The molecule has 0 amide bonds. The molecule has 1 N–H and O–H groups in total. The lowest BCUT2D eigenvalue weighted by Crippen LogP contribution is -2.48. The van der Waals surface area contributed by atoms with Crippen LogP contribution in [0.25, 0.3) is 5.69 Å². The maximum absolute atomic E-state index is 10.9. The predicted octanol–water partition coefficient (Wildman–Crippen LogP) is 2.57. The summed E-state index contributed by atoms with van der Waals surface area (Å²) in [5, 5.41) is 23.2. The van der Waals surface area contributed by atoms with Crippen LogP contribution in [0.2, 0.25) is 0 Å². The summed E-state index contributed by atoms with van der Waals surface area (Å²) in [5.41, 5.74) is 0.444. The number of aromatic nitrogens is 4. The second kappa shape index (κ2) is 6.84. The SMILES string of the molecule is C[C@]1(O)CCCC[C@@H]1[C@@H]1CCCN1Cc1nnnn1-c1ccccc1. The summed E-state index contributed by atoms with van der Waals surface area (Å²) in [4.78, 5) is 2.48. The number of aliphatic hydroxyl groups is 1. The average Bonchev–Trinajstić information content (AvgIpc) is 3.25. The first-order chi connectivity index (χ1) is 12.1. The highest BCUT2D eigenvalue weighted by atomic mass is 16.3. The van der Waals surface area contributed by atoms with Crippen molar-refractivity contribution in [1.29, 1.82) is 0 Å². The smallest absolute Gasteiger partial charge is 0.170 e. The minimum Gasteiger partial charge on any atom is -0.390 e. The second-order valence-electron chi connectivity index (χ2n) is 7.73. The molecule has 0 bridgehead atoms. The quantitative estimate of drug-likeness (QED) is 0.926. The van der Waals surface area contributed by atoms with Crippen molar-refractivity contribution in [2.45, 2.75) is 63.6 Å². The summed E-state index contributed by atoms with van der Waals surface area (Å²) in [6.07, 6.45) is 6.76. The van der Waals surface area contributed by atoms with Crippen molar-refractivity contribution in [3.05, 3.63) is 36.2 Å². The lowest BCUT2D eigenvalue weighted by Gasteiger charge is -2.43. The fourth-order valence-electron chi connectivity index (χ4n) is 4.71. The van der Waals surface area contributed by atoms with Crippen LogP contribution >= 0.6 is 0 Å². The Labute approximate surface area is 148 Å². The van der Waals surface area contributed by atoms with Gasteiger partial charge in [0, 0.05) is 12.0 Å². The molecule has 1 aromatic heterocycles. The van der Waals surface area contributed by atoms with E-state index >= 15 is 0 Å². The predicted molar refractivity (Wildman–Crippen MR) is 95.2 cm³/mol. The molecule has 25 heavy (non-hydrogen) atoms. The third kappa shape index (κ3) is 3.33. The summed E-state index contributed by atoms with van der Waals surface area (Å²) >= 11 is 0. The largest absolute Gasteiger partial charge is 0.390 e. The molecule has 6 nitrogen and oxygen atoms in total. The molecular weight excluding hydrogens is 314 g/mol. The van der Waals surface area contributed by atoms with Crippen LogP contribution in [0.5, 0.6) is 0 Å². The highest BCUT2D eigenvalue weighted by Crippen LogP contribution is 2.41. The van der Waals surface area contributed by atoms with E-state index in [0.29, 0.717) is 12.0 Å². The number of tetrazole rings is 1. The zero-order chi connectivity index (χ0) is 17.3. The van der Waals surface area contributed by atoms with Gasteiger partial charge in [0.2, 0.25) is 0 Å². The summed E-state index contributed by atoms with van der Waals surface area (Å²) in [6, 6.07) is 10.5. The fourth-order valence-corrected chi connectivity index (χ4v) is 4.71. The Hall–Kier alpha value is -1.79. The van der Waals surface area contributed by atoms with Gasteiger partial charge in [-0.05, 0) is 61.7 Å². The summed E-state index contributed by atoms with van der Waals surface area (Å²) in [5.74, 6) is 1.22. The zero-order valence-electron chi connectivity index (χ0n) is 14.9. The van der Waals surface area contributed by atoms with E-state index < -0.39 is 5.60 Å². The Morgan fingerprint density at radius 2 is 2.00 bits per heavy atom. The maximum Gasteiger partial charge on any atom is 0.170 e. The molecule has 0 radical (unpaired) electrons. The first-order valence-electron chi connectivity index (χ1n) is 9.44. The monoisotopic (exact) mass is 341 g/mol. The molecule has 2 aliphatic rings. The van der Waals surface area contributed by atoms with Crippen LogP contribution < -0.4 is 0 Å². The van der Waals surface area contributed by atoms with Crippen LogP contribution in [0.3, 0.4) is 0 Å². The maximum atomic E-state index is 10.9. The van der Waals surface area contributed by atoms with Gasteiger partial charge in [0.1, 0.15) is 0 Å². The number of hydrogen-bond donors (Lipinski definition) is 1. The number of para-hydroxylation sites is 1. The molecule has 6 heteroatoms. The molecule has 1 saturated carbocycles. The molecule has 1 saturated heterocycles. The van der Waals surface area contributed by atoms with Crippen LogP contribution in [0.15, 0.2) is 30.3 Å². The molecule has 1 aromatic carbocycles. The van der Waals surface area contributed by atoms with Crippen LogP contribution in [0.1, 0.15) is 51.3 Å². The van der Waals surface area contributed by atoms with Crippen LogP contribution in [0, 0.1) is 5.92 Å². The minimum atomic E-state index is -0.545. The van der Waals surface area contributed by atoms with E-state index in [1.807, 2.05) is 41.9 Å². The Balaban J connectivity index is 1.54. The van der Waals surface area contributed by atoms with Crippen molar-refractivity contribution in [3.8, 4) is 5.69 Å². The van der Waals surface area contributed by atoms with E-state index in [1.54, 1.807) is 0 Å². The first kappa shape index (κ1) is 16.7. The Morgan fingerprint density at radius 3 is 2.80 bits per heavy atom. The van der Waals surface area contributed by atoms with Gasteiger partial charge in [-0.15, -0.1) is 5.10 Å². The van der Waals surface area contributed by atoms with Gasteiger partial charge in [0.25, 0.3) is 0 Å². The van der Waals surface area contributed by atoms with E-state index in [2.05, 4.69) is 20.4 Å². The zero-order valence-corrected chi connectivity index (χ0v) is 14.9. The molecular formula is C19H27N5O. The average molecular weight is 341 g/mol. The van der Waals surface area contributed by atoms with Gasteiger partial charge < -0.3 is 5.11 Å². The summed E-state index contributed by atoms with van der Waals surface area (Å²) < 4.78 is 1.83. The van der Waals surface area contributed by atoms with Crippen molar-refractivity contribution < 1.29 is 5.11 Å². The van der Waals surface area contributed by atoms with Gasteiger partial charge in [-0.3, -0.25) is 4.90 Å². The molecule has 4 rings (SSSR count). The van der Waals surface area contributed by atoms with E-state index in [1.165, 1.54) is 12.8 Å². The molecule has 134 valence electrons. The van der Waals surface area contributed by atoms with Gasteiger partial charge in [-0.2, -0.15) is 4.68 Å². The number of likely N-dealkylation sites (tertiary alicyclic amines) is 1. The Kier molecular flexibility index (Phi) is 4.56. The van der Waals surface area contributed by atoms with Crippen molar-refractivity contribution in [2.75, 3.05) is 6.54 Å². The molecule has 2 fully saturated rings. The summed E-state index contributed by atoms with van der Waals surface area (Å²) in [7, 11) is 0. The second-order valence-corrected chi connectivity index (χ2v) is 7.73. The van der Waals surface area contributed by atoms with Gasteiger partial charge in [0.05, 0.1) is 17.8 Å². The normalized spacial score (nSPS) is 30.6. The van der Waals surface area contributed by atoms with Gasteiger partial charge in [-0.1, -0.05) is 31.0 Å². The lowest BCUT2D eigenvalue weighted by molar-refractivity contribution is -0.0631. The highest BCUT2D eigenvalue weighted by molar-refractivity contribution is 5.30. The molecule has 1 aliphatic carbocycles. The number of hydrogen-bond acceptors (Lipinski definition) is 5. The van der Waals surface area contributed by atoms with Crippen LogP contribution in [-0.4, -0.2) is 48.4 Å². The third-order valence-corrected chi connectivity index (χ3v) is 6.00.